The Balaban J connectivity index is 2.62. The Hall–Kier alpha value is -0.730. The van der Waals surface area contributed by atoms with Crippen molar-refractivity contribution in [2.24, 2.45) is 11.7 Å². The summed E-state index contributed by atoms with van der Waals surface area (Å²) in [5, 5.41) is 3.31. The van der Waals surface area contributed by atoms with Crippen molar-refractivity contribution in [2.75, 3.05) is 6.54 Å². The Morgan fingerprint density at radius 1 is 1.42 bits per heavy atom. The second-order valence-corrected chi connectivity index (χ2v) is 5.45. The average Bonchev–Trinajstić information content (AvgIpc) is 2.37. The summed E-state index contributed by atoms with van der Waals surface area (Å²) in [6.07, 6.45) is 4.28. The van der Waals surface area contributed by atoms with Gasteiger partial charge in [0.25, 0.3) is 0 Å². The maximum absolute atomic E-state index is 12.7. The summed E-state index contributed by atoms with van der Waals surface area (Å²) in [5.41, 5.74) is 5.36. The molecule has 1 saturated carbocycles. The Labute approximate surface area is 113 Å². The second kappa shape index (κ2) is 6.62. The molecule has 5 heteroatoms. The number of terminal acetylenes is 1. The third-order valence-corrected chi connectivity index (χ3v) is 4.06. The van der Waals surface area contributed by atoms with E-state index >= 15 is 0 Å². The summed E-state index contributed by atoms with van der Waals surface area (Å²) < 4.78 is 38.0. The molecule has 19 heavy (non-hydrogen) atoms. The minimum atomic E-state index is -4.09. The molecule has 1 aliphatic carbocycles. The molecular weight excluding hydrogens is 253 g/mol. The zero-order valence-corrected chi connectivity index (χ0v) is 11.4. The van der Waals surface area contributed by atoms with Crippen molar-refractivity contribution in [3.63, 3.8) is 0 Å². The summed E-state index contributed by atoms with van der Waals surface area (Å²) in [6.45, 7) is 2.36. The van der Waals surface area contributed by atoms with E-state index in [9.17, 15) is 13.2 Å². The van der Waals surface area contributed by atoms with Gasteiger partial charge in [-0.25, -0.2) is 0 Å². The third-order valence-electron chi connectivity index (χ3n) is 4.06. The van der Waals surface area contributed by atoms with Crippen molar-refractivity contribution in [1.82, 2.24) is 5.32 Å². The minimum absolute atomic E-state index is 0.101. The fraction of sp³-hybridized carbons (Fsp3) is 0.857. The van der Waals surface area contributed by atoms with E-state index in [0.29, 0.717) is 19.4 Å². The quantitative estimate of drug-likeness (QED) is 0.758. The Kier molecular flexibility index (Phi) is 5.69. The van der Waals surface area contributed by atoms with Crippen LogP contribution >= 0.6 is 0 Å². The minimum Gasteiger partial charge on any atom is -0.329 e. The molecule has 2 nitrogen and oxygen atoms in total. The topological polar surface area (TPSA) is 38.0 Å². The van der Waals surface area contributed by atoms with Crippen LogP contribution in [0, 0.1) is 18.3 Å². The van der Waals surface area contributed by atoms with Gasteiger partial charge in [-0.1, -0.05) is 19.3 Å². The van der Waals surface area contributed by atoms with Crippen molar-refractivity contribution in [3.8, 4) is 12.3 Å². The number of hydrogen-bond acceptors (Lipinski definition) is 2. The Morgan fingerprint density at radius 2 is 2.00 bits per heavy atom. The highest BCUT2D eigenvalue weighted by molar-refractivity contribution is 5.05. The van der Waals surface area contributed by atoms with Crippen LogP contribution in [0.2, 0.25) is 0 Å². The number of nitrogens with one attached hydrogen (secondary N) is 1. The molecule has 1 atom stereocenters. The molecule has 0 radical (unpaired) electrons. The smallest absolute Gasteiger partial charge is 0.329 e. The van der Waals surface area contributed by atoms with E-state index in [1.54, 1.807) is 0 Å². The van der Waals surface area contributed by atoms with Crippen molar-refractivity contribution >= 4 is 0 Å². The van der Waals surface area contributed by atoms with Crippen LogP contribution in [-0.2, 0) is 0 Å². The van der Waals surface area contributed by atoms with Crippen LogP contribution in [0.25, 0.3) is 0 Å². The molecule has 0 aromatic rings. The lowest BCUT2D eigenvalue weighted by atomic mass is 9.75. The number of hydrogen-bond donors (Lipinski definition) is 2. The molecule has 1 unspecified atom stereocenters. The predicted molar refractivity (Wildman–Crippen MR) is 70.5 cm³/mol. The predicted octanol–water partition coefficient (Wildman–Crippen LogP) is 2.83. The van der Waals surface area contributed by atoms with E-state index in [1.807, 2.05) is 6.92 Å². The molecular formula is C14H23F3N2. The molecule has 0 aromatic carbocycles. The van der Waals surface area contributed by atoms with Crippen LogP contribution in [0.15, 0.2) is 0 Å². The van der Waals surface area contributed by atoms with Crippen LogP contribution in [0.5, 0.6) is 0 Å². The Bertz CT molecular complexity index is 312. The van der Waals surface area contributed by atoms with Crippen molar-refractivity contribution in [1.29, 1.82) is 0 Å². The molecule has 0 heterocycles. The maximum Gasteiger partial charge on any atom is 0.391 e. The van der Waals surface area contributed by atoms with Gasteiger partial charge in [-0.2, -0.15) is 13.2 Å². The lowest BCUT2D eigenvalue weighted by Gasteiger charge is -2.42. The molecule has 1 aliphatic rings. The number of rotatable bonds is 5. The molecule has 110 valence electrons. The van der Waals surface area contributed by atoms with Gasteiger partial charge in [0.05, 0.1) is 12.0 Å². The highest BCUT2D eigenvalue weighted by Gasteiger charge is 2.45. The van der Waals surface area contributed by atoms with Crippen molar-refractivity contribution < 1.29 is 13.2 Å². The molecule has 1 fully saturated rings. The van der Waals surface area contributed by atoms with Gasteiger partial charge in [-0.3, -0.25) is 5.32 Å². The van der Waals surface area contributed by atoms with Gasteiger partial charge in [-0.05, 0) is 32.1 Å². The average molecular weight is 276 g/mol. The van der Waals surface area contributed by atoms with E-state index < -0.39 is 17.6 Å². The largest absolute Gasteiger partial charge is 0.391 e. The van der Waals surface area contributed by atoms with Gasteiger partial charge < -0.3 is 5.73 Å². The normalized spacial score (nSPS) is 29.8. The molecule has 0 bridgehead atoms. The zero-order chi connectivity index (χ0) is 14.5. The van der Waals surface area contributed by atoms with Crippen molar-refractivity contribution in [3.05, 3.63) is 0 Å². The monoisotopic (exact) mass is 276 g/mol. The first-order chi connectivity index (χ1) is 8.87. The fourth-order valence-electron chi connectivity index (χ4n) is 2.76. The first kappa shape index (κ1) is 16.3. The first-order valence-corrected chi connectivity index (χ1v) is 6.87. The van der Waals surface area contributed by atoms with E-state index in [2.05, 4.69) is 11.2 Å². The number of alkyl halides is 3. The molecule has 0 aromatic heterocycles. The number of halogens is 3. The first-order valence-electron chi connectivity index (χ1n) is 6.87. The van der Waals surface area contributed by atoms with Crippen molar-refractivity contribution in [2.45, 2.75) is 63.2 Å². The van der Waals surface area contributed by atoms with Crippen LogP contribution in [0.4, 0.5) is 13.2 Å². The lowest BCUT2D eigenvalue weighted by molar-refractivity contribution is -0.185. The van der Waals surface area contributed by atoms with E-state index in [-0.39, 0.29) is 18.9 Å². The Morgan fingerprint density at radius 3 is 2.37 bits per heavy atom. The SMILES string of the molecule is C#CC(CCC)NC1(CN)CCC(C(F)(F)F)CC1. The third kappa shape index (κ3) is 4.39. The molecule has 0 amide bonds. The summed E-state index contributed by atoms with van der Waals surface area (Å²) in [6, 6.07) is -0.101. The van der Waals surface area contributed by atoms with Crippen LogP contribution < -0.4 is 11.1 Å². The zero-order valence-electron chi connectivity index (χ0n) is 11.4. The molecule has 3 N–H and O–H groups in total. The van der Waals surface area contributed by atoms with E-state index in [4.69, 9.17) is 12.2 Å². The van der Waals surface area contributed by atoms with Gasteiger partial charge in [0.2, 0.25) is 0 Å². The van der Waals surface area contributed by atoms with E-state index in [1.165, 1.54) is 0 Å². The van der Waals surface area contributed by atoms with Crippen LogP contribution in [0.3, 0.4) is 0 Å². The van der Waals surface area contributed by atoms with Crippen LogP contribution in [0.1, 0.15) is 45.4 Å². The summed E-state index contributed by atoms with van der Waals surface area (Å²) in [7, 11) is 0. The summed E-state index contributed by atoms with van der Waals surface area (Å²) in [4.78, 5) is 0. The summed E-state index contributed by atoms with van der Waals surface area (Å²) in [5.74, 6) is 1.47. The standard InChI is InChI=1S/C14H23F3N2/c1-3-5-12(4-2)19-13(10-18)8-6-11(7-9-13)14(15,16)17/h2,11-12,19H,3,5-10,18H2,1H3. The molecule has 1 rings (SSSR count). The van der Waals surface area contributed by atoms with Gasteiger partial charge in [0.15, 0.2) is 0 Å². The molecule has 0 spiro atoms. The van der Waals surface area contributed by atoms with Gasteiger partial charge in [-0.15, -0.1) is 6.42 Å². The van der Waals surface area contributed by atoms with Gasteiger partial charge >= 0.3 is 6.18 Å². The number of nitrogens with two attached hydrogens (primary N) is 1. The lowest BCUT2D eigenvalue weighted by Crippen LogP contribution is -2.57. The van der Waals surface area contributed by atoms with Gasteiger partial charge in [0.1, 0.15) is 0 Å². The second-order valence-electron chi connectivity index (χ2n) is 5.45. The van der Waals surface area contributed by atoms with Gasteiger partial charge in [0, 0.05) is 12.1 Å². The summed E-state index contributed by atoms with van der Waals surface area (Å²) >= 11 is 0. The molecule has 0 saturated heterocycles. The highest BCUT2D eigenvalue weighted by atomic mass is 19.4. The highest BCUT2D eigenvalue weighted by Crippen LogP contribution is 2.41. The van der Waals surface area contributed by atoms with E-state index in [0.717, 1.165) is 12.8 Å². The van der Waals surface area contributed by atoms with Crippen LogP contribution in [-0.4, -0.2) is 24.3 Å². The molecule has 0 aliphatic heterocycles. The fourth-order valence-corrected chi connectivity index (χ4v) is 2.76. The maximum atomic E-state index is 12.7.